The van der Waals surface area contributed by atoms with E-state index in [1.54, 1.807) is 18.5 Å². The summed E-state index contributed by atoms with van der Waals surface area (Å²) in [5.41, 5.74) is 0. The standard InChI is InChI=1S/C16H36P.C2H7O4P/c1-5-8-11-14-17(4,15-12-9-6-2)16-13-10-7-3;1-5-7(3,4)6-2/h5-16H2,1-4H3;1-2H3,(H,3,4)/q+1;/p-1. The molecule has 0 heterocycles. The summed E-state index contributed by atoms with van der Waals surface area (Å²) >= 11 is 0. The van der Waals surface area contributed by atoms with Gasteiger partial charge in [-0.3, -0.25) is 4.57 Å². The maximum atomic E-state index is 9.95. The normalized spacial score (nSPS) is 12.0. The summed E-state index contributed by atoms with van der Waals surface area (Å²) < 4.78 is 17.7. The molecular formula is C18H42O4P2. The molecule has 0 fully saturated rings. The molecule has 0 amide bonds. The number of phosphoric ester groups is 1. The first-order valence-corrected chi connectivity index (χ1v) is 13.8. The maximum Gasteiger partial charge on any atom is 0.267 e. The van der Waals surface area contributed by atoms with Crippen molar-refractivity contribution in [3.05, 3.63) is 0 Å². The quantitative estimate of drug-likeness (QED) is 0.274. The molecule has 0 aliphatic carbocycles. The summed E-state index contributed by atoms with van der Waals surface area (Å²) in [4.78, 5) is 9.95. The van der Waals surface area contributed by atoms with Gasteiger partial charge in [-0.1, -0.05) is 59.3 Å². The number of phosphoric acid groups is 1. The average molecular weight is 384 g/mol. The van der Waals surface area contributed by atoms with Crippen LogP contribution in [0.15, 0.2) is 0 Å². The lowest BCUT2D eigenvalue weighted by Gasteiger charge is -2.23. The van der Waals surface area contributed by atoms with Crippen molar-refractivity contribution in [2.75, 3.05) is 39.4 Å². The molecule has 0 unspecified atom stereocenters. The van der Waals surface area contributed by atoms with Crippen LogP contribution in [0.25, 0.3) is 0 Å². The van der Waals surface area contributed by atoms with E-state index in [0.717, 1.165) is 14.2 Å². The number of hydrogen-bond donors (Lipinski definition) is 0. The molecule has 4 nitrogen and oxygen atoms in total. The zero-order valence-corrected chi connectivity index (χ0v) is 18.8. The first kappa shape index (κ1) is 26.8. The highest BCUT2D eigenvalue weighted by atomic mass is 31.2. The van der Waals surface area contributed by atoms with Gasteiger partial charge in [-0.05, 0) is 19.3 Å². The van der Waals surface area contributed by atoms with E-state index >= 15 is 0 Å². The molecule has 0 aromatic rings. The van der Waals surface area contributed by atoms with Gasteiger partial charge in [-0.2, -0.15) is 0 Å². The first-order chi connectivity index (χ1) is 11.3. The van der Waals surface area contributed by atoms with Gasteiger partial charge in [0.25, 0.3) is 7.82 Å². The Kier molecular flexibility index (Phi) is 18.9. The Labute approximate surface area is 152 Å². The van der Waals surface area contributed by atoms with Crippen molar-refractivity contribution in [1.29, 1.82) is 0 Å². The number of unbranched alkanes of at least 4 members (excludes halogenated alkanes) is 6. The Hall–Kier alpha value is 0.540. The first-order valence-electron chi connectivity index (χ1n) is 9.56. The second-order valence-electron chi connectivity index (χ2n) is 6.72. The van der Waals surface area contributed by atoms with Crippen LogP contribution in [0.5, 0.6) is 0 Å². The highest BCUT2D eigenvalue weighted by Gasteiger charge is 2.29. The Morgan fingerprint density at radius 2 is 1.04 bits per heavy atom. The van der Waals surface area contributed by atoms with Crippen molar-refractivity contribution in [2.45, 2.75) is 78.6 Å². The molecule has 0 saturated heterocycles. The molecule has 0 aliphatic heterocycles. The van der Waals surface area contributed by atoms with Crippen molar-refractivity contribution in [1.82, 2.24) is 0 Å². The monoisotopic (exact) mass is 384 g/mol. The van der Waals surface area contributed by atoms with Crippen LogP contribution in [0.4, 0.5) is 0 Å². The van der Waals surface area contributed by atoms with Crippen LogP contribution in [-0.2, 0) is 13.6 Å². The third-order valence-electron chi connectivity index (χ3n) is 4.35. The Bertz CT molecular complexity index is 277. The van der Waals surface area contributed by atoms with Gasteiger partial charge >= 0.3 is 0 Å². The molecule has 0 aromatic carbocycles. The molecule has 0 rings (SSSR count). The van der Waals surface area contributed by atoms with Crippen LogP contribution in [0.2, 0.25) is 0 Å². The van der Waals surface area contributed by atoms with Crippen molar-refractivity contribution < 1.29 is 18.5 Å². The average Bonchev–Trinajstić information content (AvgIpc) is 2.56. The Morgan fingerprint density at radius 1 is 0.750 bits per heavy atom. The van der Waals surface area contributed by atoms with E-state index in [1.807, 2.05) is 0 Å². The largest absolute Gasteiger partial charge is 0.756 e. The molecule has 6 heteroatoms. The van der Waals surface area contributed by atoms with Crippen LogP contribution in [-0.4, -0.2) is 39.4 Å². The minimum atomic E-state index is -3.90. The summed E-state index contributed by atoms with van der Waals surface area (Å²) in [5, 5.41) is 0. The molecule has 0 bridgehead atoms. The summed E-state index contributed by atoms with van der Waals surface area (Å²) in [6.07, 6.45) is 17.7. The molecule has 0 radical (unpaired) electrons. The summed E-state index contributed by atoms with van der Waals surface area (Å²) in [6, 6.07) is 0. The highest BCUT2D eigenvalue weighted by molar-refractivity contribution is 7.75. The smallest absolute Gasteiger partial charge is 0.267 e. The van der Waals surface area contributed by atoms with E-state index in [4.69, 9.17) is 0 Å². The van der Waals surface area contributed by atoms with Gasteiger partial charge in [-0.15, -0.1) is 0 Å². The van der Waals surface area contributed by atoms with Gasteiger partial charge in [0.05, 0.1) is 18.5 Å². The van der Waals surface area contributed by atoms with E-state index in [0.29, 0.717) is 0 Å². The van der Waals surface area contributed by atoms with Crippen LogP contribution < -0.4 is 4.89 Å². The molecular weight excluding hydrogens is 342 g/mol. The lowest BCUT2D eigenvalue weighted by atomic mass is 10.3. The molecule has 0 saturated carbocycles. The van der Waals surface area contributed by atoms with Gasteiger partial charge in [0.1, 0.15) is 0 Å². The third-order valence-corrected chi connectivity index (χ3v) is 9.43. The second kappa shape index (κ2) is 17.0. The Balaban J connectivity index is 0. The fourth-order valence-electron chi connectivity index (χ4n) is 2.64. The van der Waals surface area contributed by atoms with E-state index < -0.39 is 15.1 Å². The van der Waals surface area contributed by atoms with Gasteiger partial charge in [-0.25, -0.2) is 0 Å². The molecule has 0 N–H and O–H groups in total. The predicted molar refractivity (Wildman–Crippen MR) is 108 cm³/mol. The van der Waals surface area contributed by atoms with Gasteiger partial charge < -0.3 is 13.9 Å². The van der Waals surface area contributed by atoms with Crippen molar-refractivity contribution >= 4 is 15.1 Å². The minimum Gasteiger partial charge on any atom is -0.756 e. The predicted octanol–water partition coefficient (Wildman–Crippen LogP) is 5.95. The van der Waals surface area contributed by atoms with Crippen LogP contribution >= 0.6 is 15.1 Å². The van der Waals surface area contributed by atoms with Gasteiger partial charge in [0.15, 0.2) is 0 Å². The van der Waals surface area contributed by atoms with E-state index in [1.165, 1.54) is 57.8 Å². The molecule has 0 aliphatic rings. The summed E-state index contributed by atoms with van der Waals surface area (Å²) in [6.45, 7) is 9.63. The van der Waals surface area contributed by atoms with Crippen molar-refractivity contribution in [3.63, 3.8) is 0 Å². The highest BCUT2D eigenvalue weighted by Crippen LogP contribution is 2.57. The van der Waals surface area contributed by atoms with E-state index in [9.17, 15) is 9.46 Å². The van der Waals surface area contributed by atoms with Gasteiger partial charge in [0, 0.05) is 28.1 Å². The lowest BCUT2D eigenvalue weighted by Crippen LogP contribution is -2.07. The van der Waals surface area contributed by atoms with Crippen LogP contribution in [0.1, 0.15) is 78.6 Å². The van der Waals surface area contributed by atoms with E-state index in [2.05, 4.69) is 36.5 Å². The van der Waals surface area contributed by atoms with E-state index in [-0.39, 0.29) is 0 Å². The molecule has 0 atom stereocenters. The molecule has 0 aromatic heterocycles. The van der Waals surface area contributed by atoms with Crippen LogP contribution in [0, 0.1) is 0 Å². The molecule has 24 heavy (non-hydrogen) atoms. The van der Waals surface area contributed by atoms with Gasteiger partial charge in [0.2, 0.25) is 0 Å². The summed E-state index contributed by atoms with van der Waals surface area (Å²) in [7, 11) is -2.38. The third kappa shape index (κ3) is 17.4. The Morgan fingerprint density at radius 3 is 1.21 bits per heavy atom. The number of rotatable bonds is 14. The van der Waals surface area contributed by atoms with Crippen molar-refractivity contribution in [2.24, 2.45) is 0 Å². The van der Waals surface area contributed by atoms with Crippen molar-refractivity contribution in [3.8, 4) is 0 Å². The lowest BCUT2D eigenvalue weighted by molar-refractivity contribution is -0.220. The maximum absolute atomic E-state index is 9.95. The molecule has 0 spiro atoms. The number of hydrogen-bond acceptors (Lipinski definition) is 4. The zero-order chi connectivity index (χ0) is 18.9. The van der Waals surface area contributed by atoms with Crippen LogP contribution in [0.3, 0.4) is 0 Å². The summed E-state index contributed by atoms with van der Waals surface area (Å²) in [5.74, 6) is 0. The molecule has 148 valence electrons. The topological polar surface area (TPSA) is 58.6 Å². The SMILES string of the molecule is CCCCC[P+](C)(CCCCC)CCCCC.COP(=O)([O-])OC. The minimum absolute atomic E-state index is 0.558. The fourth-order valence-corrected chi connectivity index (χ4v) is 6.42. The fraction of sp³-hybridized carbons (Fsp3) is 1.00. The zero-order valence-electron chi connectivity index (χ0n) is 17.0. The second-order valence-corrected chi connectivity index (χ2v) is 12.9.